The van der Waals surface area contributed by atoms with Gasteiger partial charge in [0.15, 0.2) is 11.0 Å². The van der Waals surface area contributed by atoms with Crippen molar-refractivity contribution in [2.24, 2.45) is 16.5 Å². The molecule has 0 aromatic heterocycles. The first-order valence-corrected chi connectivity index (χ1v) is 8.64. The molecule has 13 heteroatoms. The van der Waals surface area contributed by atoms with E-state index in [0.29, 0.717) is 0 Å². The highest BCUT2D eigenvalue weighted by molar-refractivity contribution is 6.06. The van der Waals surface area contributed by atoms with Crippen molar-refractivity contribution in [2.45, 2.75) is 71.1 Å². The highest BCUT2D eigenvalue weighted by Gasteiger charge is 2.63. The fourth-order valence-corrected chi connectivity index (χ4v) is 2.15. The lowest BCUT2D eigenvalue weighted by molar-refractivity contribution is -0.648. The van der Waals surface area contributed by atoms with Crippen LogP contribution >= 0.6 is 0 Å². The van der Waals surface area contributed by atoms with Gasteiger partial charge in [0, 0.05) is 18.0 Å². The second kappa shape index (κ2) is 9.39. The molecular formula is C16H29N5O8. The highest BCUT2D eigenvalue weighted by atomic mass is 16.7. The van der Waals surface area contributed by atoms with Gasteiger partial charge < -0.3 is 26.0 Å². The number of rotatable bonds is 8. The first kappa shape index (κ1) is 25.9. The lowest BCUT2D eigenvalue weighted by atomic mass is 9.92. The molecule has 166 valence electrons. The van der Waals surface area contributed by atoms with Crippen LogP contribution in [0.3, 0.4) is 0 Å². The maximum atomic E-state index is 12.8. The Morgan fingerprint density at radius 1 is 1.07 bits per heavy atom. The number of carboxylic acid groups (broad SMARTS) is 1. The zero-order valence-corrected chi connectivity index (χ0v) is 17.4. The summed E-state index contributed by atoms with van der Waals surface area (Å²) < 4.78 is 10.0. The average molecular weight is 419 g/mol. The summed E-state index contributed by atoms with van der Waals surface area (Å²) in [5.41, 5.74) is 5.01. The van der Waals surface area contributed by atoms with E-state index in [-0.39, 0.29) is 23.9 Å². The van der Waals surface area contributed by atoms with E-state index in [1.807, 2.05) is 0 Å². The third kappa shape index (κ3) is 7.79. The van der Waals surface area contributed by atoms with E-state index in [1.165, 1.54) is 41.5 Å². The first-order valence-electron chi connectivity index (χ1n) is 8.64. The maximum Gasteiger partial charge on any atom is 0.470 e. The number of guanidine groups is 1. The van der Waals surface area contributed by atoms with Crippen molar-refractivity contribution in [1.29, 1.82) is 0 Å². The van der Waals surface area contributed by atoms with E-state index < -0.39 is 46.2 Å². The van der Waals surface area contributed by atoms with Gasteiger partial charge >= 0.3 is 23.6 Å². The van der Waals surface area contributed by atoms with Crippen molar-refractivity contribution >= 4 is 24.0 Å². The Kier molecular flexibility index (Phi) is 8.38. The molecule has 0 aromatic rings. The summed E-state index contributed by atoms with van der Waals surface area (Å²) in [4.78, 5) is 52.8. The molecule has 0 fully saturated rings. The average Bonchev–Trinajstić information content (AvgIpc) is 2.45. The quantitative estimate of drug-likeness (QED) is 0.0952. The largest absolute Gasteiger partial charge is 0.479 e. The topological polar surface area (TPSA) is 201 Å². The van der Waals surface area contributed by atoms with Crippen molar-refractivity contribution in [1.82, 2.24) is 5.01 Å². The lowest BCUT2D eigenvalue weighted by Gasteiger charge is -2.34. The number of aliphatic imine (C=N–C) groups is 1. The third-order valence-electron chi connectivity index (χ3n) is 3.17. The summed E-state index contributed by atoms with van der Waals surface area (Å²) in [6.07, 6.45) is -2.51. The molecule has 0 bridgehead atoms. The lowest BCUT2D eigenvalue weighted by Crippen LogP contribution is -2.66. The number of nitrogens with zero attached hydrogens (tertiary/aromatic N) is 3. The molecule has 0 aliphatic heterocycles. The summed E-state index contributed by atoms with van der Waals surface area (Å²) >= 11 is 0. The Morgan fingerprint density at radius 2 is 1.55 bits per heavy atom. The molecule has 1 amide bonds. The number of nitro groups is 1. The van der Waals surface area contributed by atoms with Gasteiger partial charge in [0.1, 0.15) is 11.2 Å². The summed E-state index contributed by atoms with van der Waals surface area (Å²) in [5, 5.41) is 19.8. The van der Waals surface area contributed by atoms with Crippen molar-refractivity contribution in [3.8, 4) is 0 Å². The van der Waals surface area contributed by atoms with Crippen molar-refractivity contribution in [2.75, 3.05) is 6.54 Å². The van der Waals surface area contributed by atoms with Crippen LogP contribution in [-0.4, -0.2) is 62.4 Å². The maximum absolute atomic E-state index is 12.8. The molecule has 13 nitrogen and oxygen atoms in total. The van der Waals surface area contributed by atoms with Crippen LogP contribution in [0, 0.1) is 10.1 Å². The van der Waals surface area contributed by atoms with Gasteiger partial charge in [-0.05, 0) is 48.0 Å². The molecule has 0 aromatic carbocycles. The fraction of sp³-hybridized carbons (Fsp3) is 0.750. The van der Waals surface area contributed by atoms with Crippen LogP contribution in [0.25, 0.3) is 0 Å². The van der Waals surface area contributed by atoms with Gasteiger partial charge in [-0.25, -0.2) is 24.5 Å². The minimum absolute atomic E-state index is 0.139. The summed E-state index contributed by atoms with van der Waals surface area (Å²) in [6.45, 7) is 8.48. The van der Waals surface area contributed by atoms with Gasteiger partial charge in [0.25, 0.3) is 0 Å². The molecule has 0 spiro atoms. The second-order valence-corrected chi connectivity index (χ2v) is 8.11. The van der Waals surface area contributed by atoms with Crippen LogP contribution in [0.5, 0.6) is 0 Å². The van der Waals surface area contributed by atoms with Gasteiger partial charge in [-0.1, -0.05) is 0 Å². The minimum atomic E-state index is -3.00. The van der Waals surface area contributed by atoms with Gasteiger partial charge in [-0.15, -0.1) is 0 Å². The van der Waals surface area contributed by atoms with Crippen molar-refractivity contribution in [3.63, 3.8) is 0 Å². The molecule has 0 radical (unpaired) electrons. The number of esters is 1. The fourth-order valence-electron chi connectivity index (χ4n) is 2.15. The zero-order chi connectivity index (χ0) is 23.2. The smallest absolute Gasteiger partial charge is 0.470 e. The number of hydrazine groups is 1. The predicted octanol–water partition coefficient (Wildman–Crippen LogP) is 0.634. The molecule has 0 saturated carbocycles. The molecule has 0 aliphatic carbocycles. The van der Waals surface area contributed by atoms with E-state index in [9.17, 15) is 29.6 Å². The molecule has 0 saturated heterocycles. The normalized spacial score (nSPS) is 13.6. The van der Waals surface area contributed by atoms with E-state index in [4.69, 9.17) is 20.9 Å². The molecule has 5 N–H and O–H groups in total. The molecular weight excluding hydrogens is 390 g/mol. The van der Waals surface area contributed by atoms with E-state index in [2.05, 4.69) is 4.99 Å². The third-order valence-corrected chi connectivity index (χ3v) is 3.17. The van der Waals surface area contributed by atoms with Gasteiger partial charge in [-0.3, -0.25) is 4.99 Å². The monoisotopic (exact) mass is 419 g/mol. The second-order valence-electron chi connectivity index (χ2n) is 8.11. The van der Waals surface area contributed by atoms with Crippen molar-refractivity contribution in [3.05, 3.63) is 10.1 Å². The van der Waals surface area contributed by atoms with Crippen LogP contribution in [0.4, 0.5) is 4.79 Å². The number of hydrogen-bond donors (Lipinski definition) is 3. The number of carbonyl (C=O) groups is 3. The minimum Gasteiger partial charge on any atom is -0.479 e. The molecule has 0 rings (SSSR count). The summed E-state index contributed by atoms with van der Waals surface area (Å²) in [6, 6.07) is 0. The van der Waals surface area contributed by atoms with E-state index >= 15 is 0 Å². The molecule has 1 atom stereocenters. The Bertz CT molecular complexity index is 676. The molecule has 0 aliphatic rings. The Labute approximate surface area is 168 Å². The summed E-state index contributed by atoms with van der Waals surface area (Å²) in [7, 11) is 0. The van der Waals surface area contributed by atoms with Crippen LogP contribution in [0.1, 0.15) is 54.4 Å². The number of ether oxygens (including phenoxy) is 2. The van der Waals surface area contributed by atoms with Crippen LogP contribution in [0.15, 0.2) is 4.99 Å². The first-order chi connectivity index (χ1) is 12.9. The Morgan fingerprint density at radius 3 is 1.90 bits per heavy atom. The van der Waals surface area contributed by atoms with Crippen molar-refractivity contribution < 1.29 is 34.0 Å². The summed E-state index contributed by atoms with van der Waals surface area (Å²) in [5.74, 6) is -3.75. The molecule has 29 heavy (non-hydrogen) atoms. The number of hydrogen-bond acceptors (Lipinski definition) is 8. The van der Waals surface area contributed by atoms with Gasteiger partial charge in [0.05, 0.1) is 0 Å². The Balaban J connectivity index is 6.38. The molecule has 0 unspecified atom stereocenters. The van der Waals surface area contributed by atoms with Crippen LogP contribution in [-0.2, 0) is 19.1 Å². The van der Waals surface area contributed by atoms with Gasteiger partial charge in [0.2, 0.25) is 0 Å². The number of nitrogens with two attached hydrogens (primary N) is 2. The van der Waals surface area contributed by atoms with Gasteiger partial charge in [-0.2, -0.15) is 0 Å². The number of aliphatic carboxylic acids is 1. The van der Waals surface area contributed by atoms with Crippen LogP contribution < -0.4 is 11.5 Å². The zero-order valence-electron chi connectivity index (χ0n) is 17.4. The SMILES string of the molecule is CC(C)(C)OC(=O)N([N+](=O)[O-])[C@@](CCCN=C(N)N)(C(=O)O)C(=O)OC(C)(C)C. The standard InChI is InChI=1S/C16H29N5O8/c1-14(2,3)28-11(24)16(10(22)23,8-7-9-19-12(17)18)20(21(26)27)13(25)29-15(4,5)6/h7-9H2,1-6H3,(H,22,23)(H4,17,18,19)/t16-/m0/s1. The Hall–Kier alpha value is -3.12. The number of amides is 1. The van der Waals surface area contributed by atoms with E-state index in [0.717, 1.165) is 0 Å². The number of carbonyl (C=O) groups excluding carboxylic acids is 2. The number of carboxylic acids is 1. The molecule has 0 heterocycles. The highest BCUT2D eigenvalue weighted by Crippen LogP contribution is 2.29. The predicted molar refractivity (Wildman–Crippen MR) is 101 cm³/mol. The van der Waals surface area contributed by atoms with E-state index in [1.54, 1.807) is 0 Å². The van der Waals surface area contributed by atoms with Crippen LogP contribution in [0.2, 0.25) is 0 Å².